The van der Waals surface area contributed by atoms with Crippen molar-refractivity contribution in [2.45, 2.75) is 19.9 Å². The molecule has 1 aromatic heterocycles. The van der Waals surface area contributed by atoms with Crippen LogP contribution in [0.2, 0.25) is 0 Å². The number of aromatic nitrogens is 2. The Balaban J connectivity index is 0.00000261. The maximum Gasteiger partial charge on any atom is 0.191 e. The smallest absolute Gasteiger partial charge is 0.191 e. The second kappa shape index (κ2) is 11.4. The highest BCUT2D eigenvalue weighted by Gasteiger charge is 2.04. The highest BCUT2D eigenvalue weighted by molar-refractivity contribution is 14.0. The molecule has 0 fully saturated rings. The molecule has 0 radical (unpaired) electrons. The van der Waals surface area contributed by atoms with Gasteiger partial charge < -0.3 is 15.2 Å². The molecule has 0 saturated heterocycles. The Morgan fingerprint density at radius 3 is 2.56 bits per heavy atom. The van der Waals surface area contributed by atoms with E-state index in [-0.39, 0.29) is 24.0 Å². The van der Waals surface area contributed by atoms with Crippen molar-refractivity contribution in [2.24, 2.45) is 4.99 Å². The summed E-state index contributed by atoms with van der Waals surface area (Å²) in [7, 11) is 0. The molecule has 0 atom stereocenters. The molecule has 0 unspecified atom stereocenters. The normalized spacial score (nSPS) is 10.9. The number of nitrogens with zero attached hydrogens (tertiary/aromatic N) is 3. The number of benzene rings is 2. The van der Waals surface area contributed by atoms with Gasteiger partial charge in [0.15, 0.2) is 5.96 Å². The topological polar surface area (TPSA) is 54.2 Å². The van der Waals surface area contributed by atoms with Crippen molar-refractivity contribution in [1.82, 2.24) is 20.2 Å². The number of rotatable bonds is 7. The second-order valence-corrected chi connectivity index (χ2v) is 5.96. The fraction of sp³-hybridized carbons (Fsp3) is 0.238. The Hall–Kier alpha value is -2.35. The van der Waals surface area contributed by atoms with E-state index in [1.165, 1.54) is 5.56 Å². The van der Waals surface area contributed by atoms with E-state index in [0.29, 0.717) is 6.54 Å². The molecule has 142 valence electrons. The Bertz CT molecular complexity index is 816. The van der Waals surface area contributed by atoms with Crippen LogP contribution in [0, 0.1) is 0 Å². The van der Waals surface area contributed by atoms with Crippen molar-refractivity contribution >= 4 is 29.9 Å². The standard InChI is InChI=1S/C21H25N5.HI/c1-2-23-21(24-13-12-18-8-4-3-5-9-18)25-16-19-10-6-7-11-20(19)26-15-14-22-17-26;/h3-11,14-15,17H,2,12-13,16H2,1H3,(H2,23,24,25);1H. The highest BCUT2D eigenvalue weighted by Crippen LogP contribution is 2.15. The first-order valence-electron chi connectivity index (χ1n) is 8.99. The zero-order valence-corrected chi connectivity index (χ0v) is 17.8. The zero-order chi connectivity index (χ0) is 18.0. The maximum absolute atomic E-state index is 4.75. The monoisotopic (exact) mass is 475 g/mol. The van der Waals surface area contributed by atoms with E-state index in [1.54, 1.807) is 6.20 Å². The molecular formula is C21H26IN5. The molecule has 6 heteroatoms. The minimum Gasteiger partial charge on any atom is -0.357 e. The third kappa shape index (κ3) is 6.39. The number of halogens is 1. The van der Waals surface area contributed by atoms with Gasteiger partial charge >= 0.3 is 0 Å². The van der Waals surface area contributed by atoms with Gasteiger partial charge in [0.2, 0.25) is 0 Å². The molecule has 2 aromatic carbocycles. The molecule has 0 bridgehead atoms. The van der Waals surface area contributed by atoms with Crippen molar-refractivity contribution < 1.29 is 0 Å². The van der Waals surface area contributed by atoms with Crippen LogP contribution >= 0.6 is 24.0 Å². The van der Waals surface area contributed by atoms with Gasteiger partial charge in [-0.15, -0.1) is 24.0 Å². The molecule has 0 amide bonds. The number of aliphatic imine (C=N–C) groups is 1. The Morgan fingerprint density at radius 2 is 1.81 bits per heavy atom. The molecule has 27 heavy (non-hydrogen) atoms. The molecule has 0 aliphatic carbocycles. The average molecular weight is 475 g/mol. The van der Waals surface area contributed by atoms with Crippen LogP contribution in [-0.4, -0.2) is 28.6 Å². The third-order valence-corrected chi connectivity index (χ3v) is 4.07. The van der Waals surface area contributed by atoms with Gasteiger partial charge in [0.1, 0.15) is 0 Å². The van der Waals surface area contributed by atoms with Gasteiger partial charge in [-0.3, -0.25) is 0 Å². The van der Waals surface area contributed by atoms with Crippen molar-refractivity contribution in [1.29, 1.82) is 0 Å². The van der Waals surface area contributed by atoms with Gasteiger partial charge in [0.05, 0.1) is 18.6 Å². The van der Waals surface area contributed by atoms with Gasteiger partial charge in [-0.2, -0.15) is 0 Å². The number of nitrogens with one attached hydrogen (secondary N) is 2. The number of hydrogen-bond acceptors (Lipinski definition) is 2. The summed E-state index contributed by atoms with van der Waals surface area (Å²) < 4.78 is 2.01. The largest absolute Gasteiger partial charge is 0.357 e. The van der Waals surface area contributed by atoms with Crippen molar-refractivity contribution in [3.63, 3.8) is 0 Å². The lowest BCUT2D eigenvalue weighted by Crippen LogP contribution is -2.38. The molecule has 2 N–H and O–H groups in total. The van der Waals surface area contributed by atoms with Crippen LogP contribution in [0.5, 0.6) is 0 Å². The first-order valence-corrected chi connectivity index (χ1v) is 8.99. The number of guanidine groups is 1. The van der Waals surface area contributed by atoms with E-state index in [1.807, 2.05) is 35.3 Å². The summed E-state index contributed by atoms with van der Waals surface area (Å²) in [6.45, 7) is 4.36. The van der Waals surface area contributed by atoms with Gasteiger partial charge in [-0.05, 0) is 30.5 Å². The van der Waals surface area contributed by atoms with Crippen LogP contribution in [0.25, 0.3) is 5.69 Å². The molecule has 1 heterocycles. The van der Waals surface area contributed by atoms with Crippen LogP contribution in [0.4, 0.5) is 0 Å². The Labute approximate surface area is 178 Å². The summed E-state index contributed by atoms with van der Waals surface area (Å²) in [4.78, 5) is 8.88. The van der Waals surface area contributed by atoms with E-state index < -0.39 is 0 Å². The van der Waals surface area contributed by atoms with Gasteiger partial charge in [0, 0.05) is 25.5 Å². The third-order valence-electron chi connectivity index (χ3n) is 4.07. The first-order chi connectivity index (χ1) is 12.9. The zero-order valence-electron chi connectivity index (χ0n) is 15.5. The summed E-state index contributed by atoms with van der Waals surface area (Å²) in [6, 6.07) is 18.7. The quantitative estimate of drug-likeness (QED) is 0.311. The Kier molecular flexibility index (Phi) is 8.83. The van der Waals surface area contributed by atoms with Gasteiger partial charge in [-0.1, -0.05) is 48.5 Å². The van der Waals surface area contributed by atoms with Crippen LogP contribution in [-0.2, 0) is 13.0 Å². The summed E-state index contributed by atoms with van der Waals surface area (Å²) in [6.07, 6.45) is 6.52. The van der Waals surface area contributed by atoms with Crippen molar-refractivity contribution in [2.75, 3.05) is 13.1 Å². The Morgan fingerprint density at radius 1 is 1.04 bits per heavy atom. The first kappa shape index (κ1) is 21.0. The fourth-order valence-corrected chi connectivity index (χ4v) is 2.77. The van der Waals surface area contributed by atoms with Crippen LogP contribution in [0.1, 0.15) is 18.1 Å². The van der Waals surface area contributed by atoms with Crippen LogP contribution < -0.4 is 10.6 Å². The minimum atomic E-state index is 0. The molecule has 0 aliphatic heterocycles. The van der Waals surface area contributed by atoms with Gasteiger partial charge in [0.25, 0.3) is 0 Å². The summed E-state index contributed by atoms with van der Waals surface area (Å²) >= 11 is 0. The predicted molar refractivity (Wildman–Crippen MR) is 122 cm³/mol. The van der Waals surface area contributed by atoms with Crippen molar-refractivity contribution in [3.8, 4) is 5.69 Å². The SMILES string of the molecule is CCNC(=NCc1ccccc1-n1ccnc1)NCCc1ccccc1.I. The van der Waals surface area contributed by atoms with Crippen molar-refractivity contribution in [3.05, 3.63) is 84.4 Å². The molecule has 0 saturated carbocycles. The fourth-order valence-electron chi connectivity index (χ4n) is 2.77. The lowest BCUT2D eigenvalue weighted by Gasteiger charge is -2.13. The molecular weight excluding hydrogens is 449 g/mol. The van der Waals surface area contributed by atoms with Crippen LogP contribution in [0.15, 0.2) is 78.3 Å². The lowest BCUT2D eigenvalue weighted by atomic mass is 10.1. The van der Waals surface area contributed by atoms with E-state index in [0.717, 1.165) is 36.7 Å². The van der Waals surface area contributed by atoms with E-state index in [4.69, 9.17) is 4.99 Å². The predicted octanol–water partition coefficient (Wildman–Crippen LogP) is 3.79. The molecule has 0 aliphatic rings. The van der Waals surface area contributed by atoms with E-state index in [2.05, 4.69) is 58.9 Å². The number of hydrogen-bond donors (Lipinski definition) is 2. The maximum atomic E-state index is 4.75. The minimum absolute atomic E-state index is 0. The van der Waals surface area contributed by atoms with E-state index >= 15 is 0 Å². The molecule has 3 aromatic rings. The molecule has 0 spiro atoms. The highest BCUT2D eigenvalue weighted by atomic mass is 127. The lowest BCUT2D eigenvalue weighted by molar-refractivity contribution is 0.798. The van der Waals surface area contributed by atoms with E-state index in [9.17, 15) is 0 Å². The number of para-hydroxylation sites is 1. The average Bonchev–Trinajstić information content (AvgIpc) is 3.22. The molecule has 3 rings (SSSR count). The second-order valence-electron chi connectivity index (χ2n) is 5.96. The summed E-state index contributed by atoms with van der Waals surface area (Å²) in [5.74, 6) is 0.837. The van der Waals surface area contributed by atoms with Gasteiger partial charge in [-0.25, -0.2) is 9.98 Å². The van der Waals surface area contributed by atoms with Crippen LogP contribution in [0.3, 0.4) is 0 Å². The summed E-state index contributed by atoms with van der Waals surface area (Å²) in [5, 5.41) is 6.73. The molecule has 5 nitrogen and oxygen atoms in total. The number of imidazole rings is 1. The summed E-state index contributed by atoms with van der Waals surface area (Å²) in [5.41, 5.74) is 3.58.